The number of nitrogens with one attached hydrogen (secondary N) is 1. The molecule has 0 aromatic carbocycles. The van der Waals surface area contributed by atoms with E-state index in [0.717, 1.165) is 37.4 Å². The minimum absolute atomic E-state index is 0.951. The highest BCUT2D eigenvalue weighted by Crippen LogP contribution is 2.06. The predicted octanol–water partition coefficient (Wildman–Crippen LogP) is 1.09. The van der Waals surface area contributed by atoms with E-state index in [2.05, 4.69) is 45.1 Å². The van der Waals surface area contributed by atoms with Gasteiger partial charge < -0.3 is 10.2 Å². The molecule has 2 rings (SSSR count). The van der Waals surface area contributed by atoms with Gasteiger partial charge in [0, 0.05) is 51.0 Å². The number of rotatable bonds is 6. The number of aryl methyl sites for hydroxylation is 1. The van der Waals surface area contributed by atoms with Gasteiger partial charge in [-0.15, -0.1) is 0 Å². The molecule has 0 unspecified atom stereocenters. The van der Waals surface area contributed by atoms with Crippen LogP contribution in [-0.4, -0.2) is 66.1 Å². The van der Waals surface area contributed by atoms with E-state index in [9.17, 15) is 0 Å². The fourth-order valence-electron chi connectivity index (χ4n) is 2.30. The van der Waals surface area contributed by atoms with Crippen LogP contribution in [0.5, 0.6) is 0 Å². The van der Waals surface area contributed by atoms with Gasteiger partial charge in [0.2, 0.25) is 0 Å². The zero-order valence-electron chi connectivity index (χ0n) is 12.1. The quantitative estimate of drug-likeness (QED) is 0.832. The molecule has 1 aliphatic rings. The number of hydrogen-bond donors (Lipinski definition) is 1. The second-order valence-corrected chi connectivity index (χ2v) is 5.22. The summed E-state index contributed by atoms with van der Waals surface area (Å²) in [5, 5.41) is 3.40. The van der Waals surface area contributed by atoms with Crippen molar-refractivity contribution < 1.29 is 0 Å². The van der Waals surface area contributed by atoms with Crippen LogP contribution >= 0.6 is 0 Å². The van der Waals surface area contributed by atoms with Crippen LogP contribution in [0.4, 0.5) is 5.82 Å². The summed E-state index contributed by atoms with van der Waals surface area (Å²) >= 11 is 0. The molecule has 0 radical (unpaired) electrons. The van der Waals surface area contributed by atoms with Crippen LogP contribution in [0.2, 0.25) is 0 Å². The molecule has 1 aliphatic heterocycles. The number of hydrogen-bond acceptors (Lipinski definition) is 5. The fourth-order valence-corrected chi connectivity index (χ4v) is 2.30. The molecule has 1 fully saturated rings. The average Bonchev–Trinajstić information content (AvgIpc) is 2.42. The molecule has 5 nitrogen and oxygen atoms in total. The molecule has 0 spiro atoms. The molecule has 0 aliphatic carbocycles. The van der Waals surface area contributed by atoms with E-state index in [-0.39, 0.29) is 0 Å². The highest BCUT2D eigenvalue weighted by Gasteiger charge is 2.12. The molecule has 5 heteroatoms. The molecule has 19 heavy (non-hydrogen) atoms. The van der Waals surface area contributed by atoms with Crippen molar-refractivity contribution in [3.05, 3.63) is 18.1 Å². The van der Waals surface area contributed by atoms with E-state index >= 15 is 0 Å². The summed E-state index contributed by atoms with van der Waals surface area (Å²) in [5.74, 6) is 0.951. The Hall–Kier alpha value is -1.20. The molecule has 1 aromatic heterocycles. The summed E-state index contributed by atoms with van der Waals surface area (Å²) in [7, 11) is 2.19. The Kier molecular flexibility index (Phi) is 5.54. The molecule has 2 heterocycles. The van der Waals surface area contributed by atoms with Crippen LogP contribution < -0.4 is 5.32 Å². The van der Waals surface area contributed by atoms with Crippen molar-refractivity contribution >= 4 is 5.82 Å². The van der Waals surface area contributed by atoms with E-state index in [1.54, 1.807) is 6.33 Å². The first-order valence-corrected chi connectivity index (χ1v) is 7.23. The summed E-state index contributed by atoms with van der Waals surface area (Å²) in [6.45, 7) is 8.89. The van der Waals surface area contributed by atoms with Gasteiger partial charge in [-0.2, -0.15) is 0 Å². The van der Waals surface area contributed by atoms with Crippen molar-refractivity contribution in [3.8, 4) is 0 Å². The highest BCUT2D eigenvalue weighted by atomic mass is 15.2. The van der Waals surface area contributed by atoms with Gasteiger partial charge in [-0.05, 0) is 13.5 Å². The second kappa shape index (κ2) is 7.40. The summed E-state index contributed by atoms with van der Waals surface area (Å²) in [6.07, 6.45) is 3.80. The van der Waals surface area contributed by atoms with Crippen molar-refractivity contribution in [1.82, 2.24) is 19.8 Å². The Morgan fingerprint density at radius 1 is 1.21 bits per heavy atom. The minimum atomic E-state index is 0.951. The van der Waals surface area contributed by atoms with Gasteiger partial charge in [0.1, 0.15) is 12.1 Å². The molecule has 0 atom stereocenters. The Morgan fingerprint density at radius 2 is 2.00 bits per heavy atom. The SMILES string of the molecule is CCCc1cc(NCCN2CCN(C)CC2)ncn1. The van der Waals surface area contributed by atoms with Crippen molar-refractivity contribution in [2.75, 3.05) is 51.6 Å². The lowest BCUT2D eigenvalue weighted by molar-refractivity contribution is 0.158. The predicted molar refractivity (Wildman–Crippen MR) is 78.5 cm³/mol. The number of piperazine rings is 1. The smallest absolute Gasteiger partial charge is 0.129 e. The third kappa shape index (κ3) is 4.76. The number of nitrogens with zero attached hydrogens (tertiary/aromatic N) is 4. The maximum atomic E-state index is 4.27. The van der Waals surface area contributed by atoms with Crippen LogP contribution in [0.25, 0.3) is 0 Å². The molecule has 1 saturated heterocycles. The first-order valence-electron chi connectivity index (χ1n) is 7.23. The van der Waals surface area contributed by atoms with E-state index in [0.29, 0.717) is 0 Å². The van der Waals surface area contributed by atoms with Crippen LogP contribution in [0.3, 0.4) is 0 Å². The van der Waals surface area contributed by atoms with E-state index < -0.39 is 0 Å². The Balaban J connectivity index is 1.71. The second-order valence-electron chi connectivity index (χ2n) is 5.22. The van der Waals surface area contributed by atoms with Gasteiger partial charge in [0.15, 0.2) is 0 Å². The van der Waals surface area contributed by atoms with E-state index in [1.807, 2.05) is 0 Å². The van der Waals surface area contributed by atoms with E-state index in [4.69, 9.17) is 0 Å². The van der Waals surface area contributed by atoms with Crippen LogP contribution in [-0.2, 0) is 6.42 Å². The highest BCUT2D eigenvalue weighted by molar-refractivity contribution is 5.34. The Bertz CT molecular complexity index is 374. The molecule has 106 valence electrons. The molecular weight excluding hydrogens is 238 g/mol. The number of aromatic nitrogens is 2. The van der Waals surface area contributed by atoms with Crippen LogP contribution in [0, 0.1) is 0 Å². The normalized spacial score (nSPS) is 17.6. The van der Waals surface area contributed by atoms with Gasteiger partial charge in [-0.25, -0.2) is 9.97 Å². The van der Waals surface area contributed by atoms with Crippen molar-refractivity contribution in [2.24, 2.45) is 0 Å². The monoisotopic (exact) mass is 263 g/mol. The zero-order valence-corrected chi connectivity index (χ0v) is 12.1. The number of likely N-dealkylation sites (N-methyl/N-ethyl adjacent to an activating group) is 1. The zero-order chi connectivity index (χ0) is 13.5. The Labute approximate surface area is 116 Å². The molecule has 1 N–H and O–H groups in total. The van der Waals surface area contributed by atoms with Gasteiger partial charge in [-0.1, -0.05) is 13.3 Å². The maximum absolute atomic E-state index is 4.27. The number of anilines is 1. The van der Waals surface area contributed by atoms with Gasteiger partial charge in [-0.3, -0.25) is 4.90 Å². The van der Waals surface area contributed by atoms with Crippen LogP contribution in [0.1, 0.15) is 19.0 Å². The lowest BCUT2D eigenvalue weighted by atomic mass is 10.2. The van der Waals surface area contributed by atoms with Crippen molar-refractivity contribution in [1.29, 1.82) is 0 Å². The van der Waals surface area contributed by atoms with Gasteiger partial charge >= 0.3 is 0 Å². The lowest BCUT2D eigenvalue weighted by Crippen LogP contribution is -2.45. The standard InChI is InChI=1S/C14H25N5/c1-3-4-13-11-14(17-12-16-13)15-5-6-19-9-7-18(2)8-10-19/h11-12H,3-10H2,1-2H3,(H,15,16,17). The molecule has 1 aromatic rings. The lowest BCUT2D eigenvalue weighted by Gasteiger charge is -2.32. The van der Waals surface area contributed by atoms with Crippen LogP contribution in [0.15, 0.2) is 12.4 Å². The summed E-state index contributed by atoms with van der Waals surface area (Å²) in [6, 6.07) is 2.06. The van der Waals surface area contributed by atoms with Gasteiger partial charge in [0.05, 0.1) is 0 Å². The summed E-state index contributed by atoms with van der Waals surface area (Å²) < 4.78 is 0. The largest absolute Gasteiger partial charge is 0.369 e. The molecule has 0 bridgehead atoms. The summed E-state index contributed by atoms with van der Waals surface area (Å²) in [4.78, 5) is 13.4. The fraction of sp³-hybridized carbons (Fsp3) is 0.714. The third-order valence-corrected chi connectivity index (χ3v) is 3.56. The summed E-state index contributed by atoms with van der Waals surface area (Å²) in [5.41, 5.74) is 1.12. The molecule has 0 saturated carbocycles. The minimum Gasteiger partial charge on any atom is -0.369 e. The molecule has 0 amide bonds. The van der Waals surface area contributed by atoms with E-state index in [1.165, 1.54) is 26.2 Å². The topological polar surface area (TPSA) is 44.3 Å². The first-order chi connectivity index (χ1) is 9.28. The average molecular weight is 263 g/mol. The molecular formula is C14H25N5. The maximum Gasteiger partial charge on any atom is 0.129 e. The van der Waals surface area contributed by atoms with Gasteiger partial charge in [0.25, 0.3) is 0 Å². The van der Waals surface area contributed by atoms with Crippen molar-refractivity contribution in [2.45, 2.75) is 19.8 Å². The van der Waals surface area contributed by atoms with Crippen molar-refractivity contribution in [3.63, 3.8) is 0 Å². The third-order valence-electron chi connectivity index (χ3n) is 3.56. The first kappa shape index (κ1) is 14.2. The Morgan fingerprint density at radius 3 is 2.74 bits per heavy atom.